The molecule has 0 radical (unpaired) electrons. The number of nitrogens with one attached hydrogen (secondary N) is 2. The molecule has 13 heavy (non-hydrogen) atoms. The van der Waals surface area contributed by atoms with Crippen LogP contribution >= 0.6 is 0 Å². The van der Waals surface area contributed by atoms with Crippen LogP contribution in [0.15, 0.2) is 0 Å². The van der Waals surface area contributed by atoms with E-state index in [0.29, 0.717) is 0 Å². The van der Waals surface area contributed by atoms with Gasteiger partial charge in [0.25, 0.3) is 0 Å². The van der Waals surface area contributed by atoms with Crippen LogP contribution in [0.4, 0.5) is 0 Å². The lowest BCUT2D eigenvalue weighted by molar-refractivity contribution is -0.123. The predicted molar refractivity (Wildman–Crippen MR) is 51.4 cm³/mol. The van der Waals surface area contributed by atoms with E-state index in [0.717, 1.165) is 31.8 Å². The van der Waals surface area contributed by atoms with E-state index in [1.807, 2.05) is 0 Å². The molecule has 1 heterocycles. The zero-order chi connectivity index (χ0) is 9.10. The van der Waals surface area contributed by atoms with E-state index < -0.39 is 0 Å². The summed E-state index contributed by atoms with van der Waals surface area (Å²) in [5.74, 6) is 0.981. The van der Waals surface area contributed by atoms with Crippen molar-refractivity contribution in [2.75, 3.05) is 13.1 Å². The summed E-state index contributed by atoms with van der Waals surface area (Å²) in [6.45, 7) is 1.90. The Kier molecular flexibility index (Phi) is 2.83. The Balaban J connectivity index is 1.65. The highest BCUT2D eigenvalue weighted by Gasteiger charge is 2.23. The van der Waals surface area contributed by atoms with Crippen molar-refractivity contribution in [2.45, 2.75) is 38.1 Å². The van der Waals surface area contributed by atoms with Crippen LogP contribution in [-0.2, 0) is 4.79 Å². The van der Waals surface area contributed by atoms with Gasteiger partial charge >= 0.3 is 0 Å². The standard InChI is InChI=1S/C10H18N2O/c13-10(9-5-2-6-11-9)12-7-8-3-1-4-8/h8-9,11H,1-7H2,(H,12,13)/t9-/m1/s1. The Labute approximate surface area is 79.3 Å². The minimum absolute atomic E-state index is 0.0973. The quantitative estimate of drug-likeness (QED) is 0.673. The Morgan fingerprint density at radius 2 is 2.15 bits per heavy atom. The molecule has 3 nitrogen and oxygen atoms in total. The zero-order valence-corrected chi connectivity index (χ0v) is 8.01. The lowest BCUT2D eigenvalue weighted by Gasteiger charge is -2.26. The molecule has 74 valence electrons. The van der Waals surface area contributed by atoms with E-state index in [-0.39, 0.29) is 11.9 Å². The van der Waals surface area contributed by atoms with Crippen molar-refractivity contribution >= 4 is 5.91 Å². The molecule has 1 aliphatic heterocycles. The highest BCUT2D eigenvalue weighted by atomic mass is 16.2. The van der Waals surface area contributed by atoms with Crippen molar-refractivity contribution < 1.29 is 4.79 Å². The molecule has 0 spiro atoms. The Morgan fingerprint density at radius 3 is 2.69 bits per heavy atom. The third kappa shape index (κ3) is 2.21. The first-order valence-electron chi connectivity index (χ1n) is 5.37. The molecule has 2 fully saturated rings. The molecule has 0 aromatic heterocycles. The van der Waals surface area contributed by atoms with E-state index in [4.69, 9.17) is 0 Å². The van der Waals surface area contributed by atoms with Crippen molar-refractivity contribution in [2.24, 2.45) is 5.92 Å². The van der Waals surface area contributed by atoms with Crippen LogP contribution in [0.2, 0.25) is 0 Å². The van der Waals surface area contributed by atoms with Crippen LogP contribution in [0.5, 0.6) is 0 Å². The third-order valence-electron chi connectivity index (χ3n) is 3.17. The lowest BCUT2D eigenvalue weighted by atomic mass is 9.85. The smallest absolute Gasteiger partial charge is 0.237 e. The summed E-state index contributed by atoms with van der Waals surface area (Å²) in [6.07, 6.45) is 6.11. The van der Waals surface area contributed by atoms with Crippen molar-refractivity contribution in [3.05, 3.63) is 0 Å². The topological polar surface area (TPSA) is 41.1 Å². The minimum Gasteiger partial charge on any atom is -0.354 e. The van der Waals surface area contributed by atoms with Crippen LogP contribution in [-0.4, -0.2) is 25.0 Å². The largest absolute Gasteiger partial charge is 0.354 e. The SMILES string of the molecule is O=C(NCC1CCC1)[C@H]1CCCN1. The maximum Gasteiger partial charge on any atom is 0.237 e. The minimum atomic E-state index is 0.0973. The van der Waals surface area contributed by atoms with Crippen LogP contribution in [0.1, 0.15) is 32.1 Å². The number of hydrogen-bond acceptors (Lipinski definition) is 2. The highest BCUT2D eigenvalue weighted by molar-refractivity contribution is 5.81. The van der Waals surface area contributed by atoms with Gasteiger partial charge in [-0.2, -0.15) is 0 Å². The van der Waals surface area contributed by atoms with Gasteiger partial charge in [-0.1, -0.05) is 6.42 Å². The maximum absolute atomic E-state index is 11.5. The summed E-state index contributed by atoms with van der Waals surface area (Å²) < 4.78 is 0. The van der Waals surface area contributed by atoms with Crippen molar-refractivity contribution in [3.8, 4) is 0 Å². The third-order valence-corrected chi connectivity index (χ3v) is 3.17. The van der Waals surface area contributed by atoms with Crippen molar-refractivity contribution in [1.29, 1.82) is 0 Å². The van der Waals surface area contributed by atoms with Gasteiger partial charge in [-0.05, 0) is 38.1 Å². The number of rotatable bonds is 3. The van der Waals surface area contributed by atoms with Gasteiger partial charge in [0, 0.05) is 6.54 Å². The number of hydrogen-bond donors (Lipinski definition) is 2. The molecule has 2 N–H and O–H groups in total. The first-order valence-corrected chi connectivity index (χ1v) is 5.37. The number of amides is 1. The van der Waals surface area contributed by atoms with Gasteiger partial charge in [0.05, 0.1) is 6.04 Å². The Hall–Kier alpha value is -0.570. The van der Waals surface area contributed by atoms with E-state index in [2.05, 4.69) is 10.6 Å². The van der Waals surface area contributed by atoms with Gasteiger partial charge in [0.1, 0.15) is 0 Å². The van der Waals surface area contributed by atoms with Gasteiger partial charge < -0.3 is 10.6 Å². The maximum atomic E-state index is 11.5. The molecule has 3 heteroatoms. The van der Waals surface area contributed by atoms with Gasteiger partial charge in [-0.25, -0.2) is 0 Å². The van der Waals surface area contributed by atoms with Crippen LogP contribution in [0.25, 0.3) is 0 Å². The molecule has 0 unspecified atom stereocenters. The lowest BCUT2D eigenvalue weighted by Crippen LogP contribution is -2.43. The van der Waals surface area contributed by atoms with Gasteiger partial charge in [-0.3, -0.25) is 4.79 Å². The summed E-state index contributed by atoms with van der Waals surface area (Å²) in [5.41, 5.74) is 0. The molecule has 1 atom stereocenters. The molecule has 0 aromatic carbocycles. The van der Waals surface area contributed by atoms with Gasteiger partial charge in [0.15, 0.2) is 0 Å². The second-order valence-electron chi connectivity index (χ2n) is 4.19. The van der Waals surface area contributed by atoms with E-state index in [1.54, 1.807) is 0 Å². The molecule has 1 aliphatic carbocycles. The normalized spacial score (nSPS) is 28.5. The van der Waals surface area contributed by atoms with Crippen LogP contribution < -0.4 is 10.6 Å². The fourth-order valence-corrected chi connectivity index (χ4v) is 1.97. The second-order valence-corrected chi connectivity index (χ2v) is 4.19. The number of carbonyl (C=O) groups excluding carboxylic acids is 1. The van der Waals surface area contributed by atoms with E-state index in [1.165, 1.54) is 19.3 Å². The van der Waals surface area contributed by atoms with Gasteiger partial charge in [-0.15, -0.1) is 0 Å². The van der Waals surface area contributed by atoms with E-state index >= 15 is 0 Å². The summed E-state index contributed by atoms with van der Waals surface area (Å²) in [6, 6.07) is 0.0973. The molecule has 2 aliphatic rings. The van der Waals surface area contributed by atoms with Crippen LogP contribution in [0.3, 0.4) is 0 Å². The Bertz CT molecular complexity index is 183. The van der Waals surface area contributed by atoms with Crippen LogP contribution in [0, 0.1) is 5.92 Å². The fraction of sp³-hybridized carbons (Fsp3) is 0.900. The van der Waals surface area contributed by atoms with Crippen molar-refractivity contribution in [1.82, 2.24) is 10.6 Å². The first-order chi connectivity index (χ1) is 6.36. The molecule has 1 amide bonds. The summed E-state index contributed by atoms with van der Waals surface area (Å²) in [7, 11) is 0. The molecule has 0 bridgehead atoms. The molecular formula is C10H18N2O. The fourth-order valence-electron chi connectivity index (χ4n) is 1.97. The van der Waals surface area contributed by atoms with Gasteiger partial charge in [0.2, 0.25) is 5.91 Å². The number of carbonyl (C=O) groups is 1. The summed E-state index contributed by atoms with van der Waals surface area (Å²) in [4.78, 5) is 11.5. The highest BCUT2D eigenvalue weighted by Crippen LogP contribution is 2.25. The predicted octanol–water partition coefficient (Wildman–Crippen LogP) is 0.655. The average Bonchev–Trinajstić information content (AvgIpc) is 2.52. The average molecular weight is 182 g/mol. The molecule has 2 rings (SSSR count). The molecule has 0 aromatic rings. The summed E-state index contributed by atoms with van der Waals surface area (Å²) >= 11 is 0. The van der Waals surface area contributed by atoms with Crippen molar-refractivity contribution in [3.63, 3.8) is 0 Å². The second kappa shape index (κ2) is 4.09. The molecule has 1 saturated carbocycles. The first kappa shape index (κ1) is 9.00. The summed E-state index contributed by atoms with van der Waals surface area (Å²) in [5, 5.41) is 6.23. The van der Waals surface area contributed by atoms with E-state index in [9.17, 15) is 4.79 Å². The monoisotopic (exact) mass is 182 g/mol. The molecule has 1 saturated heterocycles. The zero-order valence-electron chi connectivity index (χ0n) is 8.01. The Morgan fingerprint density at radius 1 is 1.31 bits per heavy atom. The molecular weight excluding hydrogens is 164 g/mol.